The molecule has 0 saturated carbocycles. The highest BCUT2D eigenvalue weighted by atomic mass is 14.7. The summed E-state index contributed by atoms with van der Waals surface area (Å²) < 4.78 is 0. The molecule has 6 N–H and O–H groups in total. The maximum Gasteiger partial charge on any atom is 0.0794 e. The average Bonchev–Trinajstić information content (AvgIpc) is 2.73. The predicted molar refractivity (Wildman–Crippen MR) is 116 cm³/mol. The van der Waals surface area contributed by atoms with E-state index in [1.54, 1.807) is 0 Å². The largest absolute Gasteiger partial charge is 0.396 e. The zero-order chi connectivity index (χ0) is 18.8. The Balaban J connectivity index is 2.18. The summed E-state index contributed by atoms with van der Waals surface area (Å²) in [6.07, 6.45) is 0. The van der Waals surface area contributed by atoms with Crippen molar-refractivity contribution in [1.29, 1.82) is 0 Å². The third-order valence-corrected chi connectivity index (χ3v) is 4.81. The van der Waals surface area contributed by atoms with Gasteiger partial charge in [-0.25, -0.2) is 0 Å². The van der Waals surface area contributed by atoms with Gasteiger partial charge in [-0.05, 0) is 16.7 Å². The first-order valence-electron chi connectivity index (χ1n) is 8.85. The van der Waals surface area contributed by atoms with Gasteiger partial charge < -0.3 is 17.2 Å². The molecule has 0 aromatic heterocycles. The first-order chi connectivity index (χ1) is 13.2. The lowest BCUT2D eigenvalue weighted by Crippen LogP contribution is -2.06. The van der Waals surface area contributed by atoms with E-state index in [0.29, 0.717) is 17.1 Å². The van der Waals surface area contributed by atoms with Gasteiger partial charge in [0.15, 0.2) is 0 Å². The third-order valence-electron chi connectivity index (χ3n) is 4.81. The highest BCUT2D eigenvalue weighted by Gasteiger charge is 2.22. The van der Waals surface area contributed by atoms with E-state index in [1.165, 1.54) is 0 Å². The van der Waals surface area contributed by atoms with Crippen LogP contribution in [-0.4, -0.2) is 0 Å². The molecule has 132 valence electrons. The number of rotatable bonds is 3. The van der Waals surface area contributed by atoms with Gasteiger partial charge in [0, 0.05) is 16.7 Å². The fourth-order valence-electron chi connectivity index (χ4n) is 3.51. The van der Waals surface area contributed by atoms with Crippen molar-refractivity contribution < 1.29 is 0 Å². The zero-order valence-electron chi connectivity index (χ0n) is 14.9. The van der Waals surface area contributed by atoms with Crippen molar-refractivity contribution in [1.82, 2.24) is 0 Å². The van der Waals surface area contributed by atoms with Gasteiger partial charge in [-0.2, -0.15) is 0 Å². The number of benzene rings is 4. The van der Waals surface area contributed by atoms with Crippen LogP contribution in [0.5, 0.6) is 0 Å². The van der Waals surface area contributed by atoms with Crippen molar-refractivity contribution >= 4 is 17.1 Å². The van der Waals surface area contributed by atoms with Crippen LogP contribution < -0.4 is 17.2 Å². The molecule has 0 fully saturated rings. The van der Waals surface area contributed by atoms with Gasteiger partial charge in [0.2, 0.25) is 0 Å². The van der Waals surface area contributed by atoms with Crippen LogP contribution in [0.2, 0.25) is 0 Å². The first-order valence-corrected chi connectivity index (χ1v) is 8.85. The van der Waals surface area contributed by atoms with E-state index in [2.05, 4.69) is 12.1 Å². The molecule has 27 heavy (non-hydrogen) atoms. The molecule has 0 unspecified atom stereocenters. The summed E-state index contributed by atoms with van der Waals surface area (Å²) in [5.74, 6) is 0. The molecule has 3 heteroatoms. The molecule has 4 aromatic carbocycles. The van der Waals surface area contributed by atoms with E-state index in [4.69, 9.17) is 17.2 Å². The van der Waals surface area contributed by atoms with Crippen LogP contribution >= 0.6 is 0 Å². The van der Waals surface area contributed by atoms with Crippen molar-refractivity contribution in [2.75, 3.05) is 17.2 Å². The maximum atomic E-state index is 6.50. The molecular formula is C24H21N3. The second-order valence-electron chi connectivity index (χ2n) is 6.46. The normalized spacial score (nSPS) is 10.7. The monoisotopic (exact) mass is 351 g/mol. The van der Waals surface area contributed by atoms with Crippen molar-refractivity contribution in [2.45, 2.75) is 0 Å². The summed E-state index contributed by atoms with van der Waals surface area (Å²) in [7, 11) is 0. The van der Waals surface area contributed by atoms with Crippen LogP contribution in [0.25, 0.3) is 33.4 Å². The Labute approximate surface area is 159 Å². The predicted octanol–water partition coefficient (Wildman–Crippen LogP) is 5.43. The van der Waals surface area contributed by atoms with Crippen LogP contribution in [0.1, 0.15) is 0 Å². The molecule has 0 atom stereocenters. The van der Waals surface area contributed by atoms with E-state index in [0.717, 1.165) is 33.4 Å². The Morgan fingerprint density at radius 3 is 0.963 bits per heavy atom. The Morgan fingerprint density at radius 1 is 0.333 bits per heavy atom. The van der Waals surface area contributed by atoms with E-state index >= 15 is 0 Å². The van der Waals surface area contributed by atoms with Gasteiger partial charge in [0.25, 0.3) is 0 Å². The Hall–Kier alpha value is -3.72. The summed E-state index contributed by atoms with van der Waals surface area (Å²) in [5.41, 5.74) is 26.7. The number of anilines is 3. The Kier molecular flexibility index (Phi) is 4.27. The van der Waals surface area contributed by atoms with Crippen molar-refractivity contribution in [3.63, 3.8) is 0 Å². The molecule has 0 saturated heterocycles. The molecule has 0 aliphatic rings. The smallest absolute Gasteiger partial charge is 0.0794 e. The summed E-state index contributed by atoms with van der Waals surface area (Å²) >= 11 is 0. The van der Waals surface area contributed by atoms with Gasteiger partial charge in [-0.15, -0.1) is 0 Å². The second kappa shape index (κ2) is 6.89. The van der Waals surface area contributed by atoms with E-state index in [-0.39, 0.29) is 0 Å². The highest BCUT2D eigenvalue weighted by molar-refractivity contribution is 6.10. The average molecular weight is 351 g/mol. The van der Waals surface area contributed by atoms with Gasteiger partial charge in [0.05, 0.1) is 17.1 Å². The van der Waals surface area contributed by atoms with Crippen LogP contribution in [0.4, 0.5) is 17.1 Å². The highest BCUT2D eigenvalue weighted by Crippen LogP contribution is 2.49. The van der Waals surface area contributed by atoms with Crippen LogP contribution in [0.3, 0.4) is 0 Å². The molecule has 4 rings (SSSR count). The molecule has 0 aliphatic heterocycles. The molecule has 0 spiro atoms. The topological polar surface area (TPSA) is 78.1 Å². The molecule has 0 bridgehead atoms. The molecule has 0 heterocycles. The van der Waals surface area contributed by atoms with Crippen molar-refractivity contribution in [3.05, 3.63) is 91.0 Å². The number of hydrogen-bond donors (Lipinski definition) is 3. The quantitative estimate of drug-likeness (QED) is 0.430. The molecular weight excluding hydrogens is 330 g/mol. The molecule has 4 aromatic rings. The minimum absolute atomic E-state index is 0.424. The first kappa shape index (κ1) is 16.7. The van der Waals surface area contributed by atoms with Crippen LogP contribution in [0.15, 0.2) is 91.0 Å². The minimum atomic E-state index is 0.424. The summed E-state index contributed by atoms with van der Waals surface area (Å²) in [6, 6.07) is 30.3. The number of hydrogen-bond acceptors (Lipinski definition) is 3. The van der Waals surface area contributed by atoms with E-state index < -0.39 is 0 Å². The molecule has 0 radical (unpaired) electrons. The molecule has 0 amide bonds. The third kappa shape index (κ3) is 2.89. The lowest BCUT2D eigenvalue weighted by molar-refractivity contribution is 1.55. The lowest BCUT2D eigenvalue weighted by Gasteiger charge is -2.22. The van der Waals surface area contributed by atoms with Crippen LogP contribution in [0, 0.1) is 0 Å². The summed E-state index contributed by atoms with van der Waals surface area (Å²) in [5, 5.41) is 0. The second-order valence-corrected chi connectivity index (χ2v) is 6.46. The SMILES string of the molecule is Nc1c(N)c(-c2ccccc2)c(-c2ccccc2)c(-c2ccccc2)c1N. The summed E-state index contributed by atoms with van der Waals surface area (Å²) in [6.45, 7) is 0. The van der Waals surface area contributed by atoms with Gasteiger partial charge in [-0.3, -0.25) is 0 Å². The Morgan fingerprint density at radius 2 is 0.630 bits per heavy atom. The standard InChI is InChI=1S/C24H21N3/c25-22-20(17-12-6-2-7-13-17)19(16-10-4-1-5-11-16)21(23(26)24(22)27)18-14-8-3-9-15-18/h1-15H,25-27H2. The molecule has 3 nitrogen and oxygen atoms in total. The van der Waals surface area contributed by atoms with Crippen LogP contribution in [-0.2, 0) is 0 Å². The van der Waals surface area contributed by atoms with Gasteiger partial charge in [-0.1, -0.05) is 91.0 Å². The Bertz CT molecular complexity index is 1010. The number of nitrogens with two attached hydrogens (primary N) is 3. The zero-order valence-corrected chi connectivity index (χ0v) is 14.9. The van der Waals surface area contributed by atoms with E-state index in [1.807, 2.05) is 78.9 Å². The maximum absolute atomic E-state index is 6.50. The van der Waals surface area contributed by atoms with Gasteiger partial charge in [0.1, 0.15) is 0 Å². The lowest BCUT2D eigenvalue weighted by atomic mass is 9.84. The van der Waals surface area contributed by atoms with Crippen molar-refractivity contribution in [3.8, 4) is 33.4 Å². The van der Waals surface area contributed by atoms with E-state index in [9.17, 15) is 0 Å². The van der Waals surface area contributed by atoms with Crippen molar-refractivity contribution in [2.24, 2.45) is 0 Å². The van der Waals surface area contributed by atoms with Gasteiger partial charge >= 0.3 is 0 Å². The number of nitrogen functional groups attached to an aromatic ring is 3. The fourth-order valence-corrected chi connectivity index (χ4v) is 3.51. The summed E-state index contributed by atoms with van der Waals surface area (Å²) in [4.78, 5) is 0. The molecule has 0 aliphatic carbocycles. The minimum Gasteiger partial charge on any atom is -0.396 e. The fraction of sp³-hybridized carbons (Fsp3) is 0.